The monoisotopic (exact) mass is 221 g/mol. The van der Waals surface area contributed by atoms with Crippen molar-refractivity contribution in [2.75, 3.05) is 11.1 Å². The second-order valence-electron chi connectivity index (χ2n) is 2.99. The van der Waals surface area contributed by atoms with Crippen LogP contribution in [-0.2, 0) is 0 Å². The molecule has 16 heavy (non-hydrogen) atoms. The lowest BCUT2D eigenvalue weighted by molar-refractivity contribution is 0.102. The molecular weight excluding hydrogens is 213 g/mol. The first-order chi connectivity index (χ1) is 7.68. The Labute approximate surface area is 89.7 Å². The molecule has 1 aromatic carbocycles. The predicted molar refractivity (Wildman–Crippen MR) is 55.1 cm³/mol. The first-order valence-electron chi connectivity index (χ1n) is 4.40. The van der Waals surface area contributed by atoms with E-state index in [1.54, 1.807) is 6.07 Å². The topological polar surface area (TPSA) is 96.7 Å². The second kappa shape index (κ2) is 3.97. The van der Waals surface area contributed by atoms with E-state index in [-0.39, 0.29) is 17.2 Å². The fourth-order valence-electron chi connectivity index (χ4n) is 1.15. The van der Waals surface area contributed by atoms with Gasteiger partial charge in [-0.05, 0) is 12.1 Å². The molecule has 0 aliphatic rings. The zero-order chi connectivity index (χ0) is 11.5. The van der Waals surface area contributed by atoms with Crippen molar-refractivity contribution in [2.24, 2.45) is 0 Å². The number of hydrogen-bond acceptors (Lipinski definition) is 4. The maximum atomic E-state index is 13.2. The number of nitrogens with two attached hydrogens (primary N) is 1. The van der Waals surface area contributed by atoms with Gasteiger partial charge >= 0.3 is 0 Å². The van der Waals surface area contributed by atoms with Crippen LogP contribution < -0.4 is 11.1 Å². The Balaban J connectivity index is 2.21. The molecule has 6 nitrogen and oxygen atoms in total. The number of aromatic nitrogens is 3. The molecule has 0 saturated heterocycles. The quantitative estimate of drug-likeness (QED) is 0.698. The normalized spacial score (nSPS) is 10.1. The van der Waals surface area contributed by atoms with Crippen LogP contribution in [0, 0.1) is 5.82 Å². The average molecular weight is 221 g/mol. The molecule has 0 unspecified atom stereocenters. The minimum absolute atomic E-state index is 0.0335. The van der Waals surface area contributed by atoms with Crippen molar-refractivity contribution < 1.29 is 9.18 Å². The number of carbonyl (C=O) groups excluding carboxylic acids is 1. The Bertz CT molecular complexity index is 524. The minimum atomic E-state index is -0.614. The van der Waals surface area contributed by atoms with Crippen molar-refractivity contribution in [3.05, 3.63) is 35.8 Å². The van der Waals surface area contributed by atoms with Gasteiger partial charge in [0.05, 0.1) is 5.69 Å². The molecule has 0 aliphatic carbocycles. The molecule has 2 rings (SSSR count). The van der Waals surface area contributed by atoms with Crippen LogP contribution in [0.25, 0.3) is 0 Å². The van der Waals surface area contributed by atoms with Crippen LogP contribution in [0.5, 0.6) is 0 Å². The van der Waals surface area contributed by atoms with Crippen molar-refractivity contribution in [2.45, 2.75) is 0 Å². The third-order valence-electron chi connectivity index (χ3n) is 1.91. The van der Waals surface area contributed by atoms with Gasteiger partial charge in [0.25, 0.3) is 5.91 Å². The molecule has 0 fully saturated rings. The second-order valence-corrected chi connectivity index (χ2v) is 2.99. The number of benzene rings is 1. The number of amides is 1. The summed E-state index contributed by atoms with van der Waals surface area (Å²) in [7, 11) is 0. The lowest BCUT2D eigenvalue weighted by atomic mass is 10.3. The largest absolute Gasteiger partial charge is 0.380 e. The van der Waals surface area contributed by atoms with Crippen molar-refractivity contribution in [3.63, 3.8) is 0 Å². The molecule has 7 heteroatoms. The molecule has 1 heterocycles. The number of aromatic amines is 1. The maximum Gasteiger partial charge on any atom is 0.280 e. The summed E-state index contributed by atoms with van der Waals surface area (Å²) < 4.78 is 13.2. The van der Waals surface area contributed by atoms with Gasteiger partial charge in [-0.15, -0.1) is 10.2 Å². The molecule has 4 N–H and O–H groups in total. The number of nitrogen functional groups attached to an aromatic ring is 1. The van der Waals surface area contributed by atoms with Crippen LogP contribution in [0.1, 0.15) is 10.5 Å². The third-order valence-corrected chi connectivity index (χ3v) is 1.91. The molecule has 0 radical (unpaired) electrons. The summed E-state index contributed by atoms with van der Waals surface area (Å²) in [6.45, 7) is 0. The highest BCUT2D eigenvalue weighted by molar-refractivity contribution is 6.05. The smallest absolute Gasteiger partial charge is 0.280 e. The molecular formula is C9H8FN5O. The lowest BCUT2D eigenvalue weighted by Crippen LogP contribution is -2.15. The maximum absolute atomic E-state index is 13.2. The molecule has 0 atom stereocenters. The summed E-state index contributed by atoms with van der Waals surface area (Å²) in [5, 5.41) is 11.6. The van der Waals surface area contributed by atoms with Gasteiger partial charge in [-0.1, -0.05) is 12.1 Å². The number of para-hydroxylation sites is 1. The van der Waals surface area contributed by atoms with E-state index < -0.39 is 11.7 Å². The van der Waals surface area contributed by atoms with Crippen molar-refractivity contribution in [1.82, 2.24) is 15.4 Å². The molecule has 0 spiro atoms. The molecule has 0 saturated carbocycles. The van der Waals surface area contributed by atoms with Crippen LogP contribution in [0.3, 0.4) is 0 Å². The number of H-pyrrole nitrogens is 1. The highest BCUT2D eigenvalue weighted by atomic mass is 19.1. The summed E-state index contributed by atoms with van der Waals surface area (Å²) in [5.74, 6) is -1.18. The number of carbonyl (C=O) groups is 1. The highest BCUT2D eigenvalue weighted by Crippen LogP contribution is 2.14. The average Bonchev–Trinajstić information content (AvgIpc) is 2.68. The molecule has 1 amide bonds. The van der Waals surface area contributed by atoms with E-state index in [2.05, 4.69) is 20.7 Å². The summed E-state index contributed by atoms with van der Waals surface area (Å²) in [5.41, 5.74) is 5.37. The summed E-state index contributed by atoms with van der Waals surface area (Å²) >= 11 is 0. The Morgan fingerprint density at radius 1 is 1.38 bits per heavy atom. The first kappa shape index (κ1) is 10.1. The van der Waals surface area contributed by atoms with Crippen LogP contribution in [0.2, 0.25) is 0 Å². The zero-order valence-corrected chi connectivity index (χ0v) is 8.07. The Morgan fingerprint density at radius 2 is 2.12 bits per heavy atom. The SMILES string of the molecule is Nc1n[nH]nc1C(=O)Nc1ccccc1F. The molecule has 1 aromatic heterocycles. The summed E-state index contributed by atoms with van der Waals surface area (Å²) in [4.78, 5) is 11.6. The fourth-order valence-corrected chi connectivity index (χ4v) is 1.15. The summed E-state index contributed by atoms with van der Waals surface area (Å²) in [6.07, 6.45) is 0. The van der Waals surface area contributed by atoms with Crippen molar-refractivity contribution in [1.29, 1.82) is 0 Å². The van der Waals surface area contributed by atoms with Gasteiger partial charge in [0, 0.05) is 0 Å². The number of anilines is 2. The first-order valence-corrected chi connectivity index (χ1v) is 4.40. The number of rotatable bonds is 2. The van der Waals surface area contributed by atoms with Crippen molar-refractivity contribution in [3.8, 4) is 0 Å². The van der Waals surface area contributed by atoms with E-state index in [4.69, 9.17) is 5.73 Å². The lowest BCUT2D eigenvalue weighted by Gasteiger charge is -2.03. The summed E-state index contributed by atoms with van der Waals surface area (Å²) in [6, 6.07) is 5.80. The van der Waals surface area contributed by atoms with Gasteiger partial charge in [0.1, 0.15) is 5.82 Å². The number of hydrogen-bond donors (Lipinski definition) is 3. The Kier molecular flexibility index (Phi) is 2.50. The van der Waals surface area contributed by atoms with E-state index in [1.165, 1.54) is 18.2 Å². The van der Waals surface area contributed by atoms with E-state index in [9.17, 15) is 9.18 Å². The van der Waals surface area contributed by atoms with Gasteiger partial charge in [0.15, 0.2) is 11.5 Å². The van der Waals surface area contributed by atoms with E-state index in [1.807, 2.05) is 0 Å². The molecule has 2 aromatic rings. The van der Waals surface area contributed by atoms with Crippen molar-refractivity contribution >= 4 is 17.4 Å². The third kappa shape index (κ3) is 1.83. The molecule has 82 valence electrons. The van der Waals surface area contributed by atoms with Gasteiger partial charge < -0.3 is 11.1 Å². The number of nitrogens with one attached hydrogen (secondary N) is 2. The molecule has 0 aliphatic heterocycles. The predicted octanol–water partition coefficient (Wildman–Crippen LogP) is 0.778. The highest BCUT2D eigenvalue weighted by Gasteiger charge is 2.15. The number of nitrogens with zero attached hydrogens (tertiary/aromatic N) is 2. The van der Waals surface area contributed by atoms with Crippen LogP contribution >= 0.6 is 0 Å². The van der Waals surface area contributed by atoms with E-state index in [0.29, 0.717) is 0 Å². The van der Waals surface area contributed by atoms with Gasteiger partial charge in [-0.25, -0.2) is 4.39 Å². The molecule has 0 bridgehead atoms. The minimum Gasteiger partial charge on any atom is -0.380 e. The van der Waals surface area contributed by atoms with E-state index in [0.717, 1.165) is 0 Å². The van der Waals surface area contributed by atoms with E-state index >= 15 is 0 Å². The van der Waals surface area contributed by atoms with Crippen LogP contribution in [0.4, 0.5) is 15.9 Å². The van der Waals surface area contributed by atoms with Crippen LogP contribution in [0.15, 0.2) is 24.3 Å². The zero-order valence-electron chi connectivity index (χ0n) is 8.07. The standard InChI is InChI=1S/C9H8FN5O/c10-5-3-1-2-4-6(5)12-9(16)7-8(11)14-15-13-7/h1-4H,(H,12,16)(H3,11,13,14,15). The van der Waals surface area contributed by atoms with Gasteiger partial charge in [-0.2, -0.15) is 5.21 Å². The Morgan fingerprint density at radius 3 is 2.75 bits per heavy atom. The van der Waals surface area contributed by atoms with Crippen LogP contribution in [-0.4, -0.2) is 21.3 Å². The number of halogens is 1. The van der Waals surface area contributed by atoms with Gasteiger partial charge in [-0.3, -0.25) is 4.79 Å². The fraction of sp³-hybridized carbons (Fsp3) is 0. The Hall–Kier alpha value is -2.44. The van der Waals surface area contributed by atoms with Gasteiger partial charge in [0.2, 0.25) is 0 Å².